The van der Waals surface area contributed by atoms with E-state index in [1.807, 2.05) is 6.92 Å². The monoisotopic (exact) mass is 326 g/mol. The fourth-order valence-corrected chi connectivity index (χ4v) is 0.853. The van der Waals surface area contributed by atoms with Crippen molar-refractivity contribution in [1.82, 2.24) is 0 Å². The minimum absolute atomic E-state index is 0.140. The number of rotatable bonds is 6. The molecule has 0 atom stereocenters. The Balaban J connectivity index is -0.000000219. The molecule has 0 fully saturated rings. The van der Waals surface area contributed by atoms with Crippen LogP contribution < -0.4 is 0 Å². The van der Waals surface area contributed by atoms with Gasteiger partial charge in [0.15, 0.2) is 0 Å². The summed E-state index contributed by atoms with van der Waals surface area (Å²) in [6, 6.07) is 0. The lowest BCUT2D eigenvalue weighted by Gasteiger charge is -2.02. The van der Waals surface area contributed by atoms with Crippen LogP contribution in [0.1, 0.15) is 39.5 Å². The molecule has 0 saturated carbocycles. The molecule has 120 valence electrons. The Hall–Kier alpha value is 0.180. The third kappa shape index (κ3) is 71.1. The molecule has 0 saturated heterocycles. The van der Waals surface area contributed by atoms with Crippen molar-refractivity contribution < 1.29 is 43.2 Å². The molecular weight excluding hydrogens is 302 g/mol. The number of phosphoric ester groups is 1. The largest absolute Gasteiger partial charge is 0.469 e. The maximum atomic E-state index is 9.98. The summed E-state index contributed by atoms with van der Waals surface area (Å²) in [5, 5.41) is 8.07. The van der Waals surface area contributed by atoms with Gasteiger partial charge in [-0.1, -0.05) is 26.7 Å². The molecule has 0 aliphatic carbocycles. The maximum Gasteiger partial charge on any atom is 0.469 e. The van der Waals surface area contributed by atoms with E-state index in [2.05, 4.69) is 11.4 Å². The van der Waals surface area contributed by atoms with Gasteiger partial charge in [0, 0.05) is 6.61 Å². The highest BCUT2D eigenvalue weighted by molar-refractivity contribution is 7.46. The second-order valence-corrected chi connectivity index (χ2v) is 5.53. The average Bonchev–Trinajstić information content (AvgIpc) is 2.15. The normalized spacial score (nSPS) is 10.9. The summed E-state index contributed by atoms with van der Waals surface area (Å²) < 4.78 is 23.0. The van der Waals surface area contributed by atoms with E-state index in [9.17, 15) is 4.57 Å². The third-order valence-corrected chi connectivity index (χ3v) is 1.79. The molecule has 0 aliphatic rings. The van der Waals surface area contributed by atoms with Crippen LogP contribution in [-0.2, 0) is 13.7 Å². The maximum absolute atomic E-state index is 9.98. The number of phosphoric acid groups is 2. The van der Waals surface area contributed by atoms with Gasteiger partial charge in [0.05, 0.1) is 6.61 Å². The third-order valence-electron chi connectivity index (χ3n) is 1.27. The van der Waals surface area contributed by atoms with Gasteiger partial charge in [-0.15, -0.1) is 0 Å². The Morgan fingerprint density at radius 3 is 1.42 bits per heavy atom. The van der Waals surface area contributed by atoms with Gasteiger partial charge in [-0.3, -0.25) is 4.52 Å². The zero-order valence-electron chi connectivity index (χ0n) is 11.0. The molecule has 0 spiro atoms. The van der Waals surface area contributed by atoms with Crippen molar-refractivity contribution in [2.45, 2.75) is 39.5 Å². The fourth-order valence-electron chi connectivity index (χ4n) is 0.486. The van der Waals surface area contributed by atoms with Crippen LogP contribution in [0.3, 0.4) is 0 Å². The lowest BCUT2D eigenvalue weighted by molar-refractivity contribution is 0.194. The summed E-state index contributed by atoms with van der Waals surface area (Å²) in [5.41, 5.74) is 0. The molecule has 0 unspecified atom stereocenters. The highest BCUT2D eigenvalue weighted by atomic mass is 31.2. The van der Waals surface area contributed by atoms with Crippen LogP contribution in [0, 0.1) is 0 Å². The van der Waals surface area contributed by atoms with E-state index in [4.69, 9.17) is 34.1 Å². The first kappa shape index (κ1) is 24.2. The molecule has 9 nitrogen and oxygen atoms in total. The highest BCUT2D eigenvalue weighted by Crippen LogP contribution is 2.35. The molecule has 0 radical (unpaired) electrons. The Kier molecular flexibility index (Phi) is 18.6. The summed E-state index contributed by atoms with van der Waals surface area (Å²) in [7, 11) is -8.83. The van der Waals surface area contributed by atoms with Crippen LogP contribution in [0.25, 0.3) is 0 Å². The van der Waals surface area contributed by atoms with Crippen LogP contribution in [-0.4, -0.2) is 42.8 Å². The fraction of sp³-hybridized carbons (Fsp3) is 1.00. The van der Waals surface area contributed by atoms with Gasteiger partial charge >= 0.3 is 15.6 Å². The van der Waals surface area contributed by atoms with E-state index < -0.39 is 15.6 Å². The lowest BCUT2D eigenvalue weighted by Crippen LogP contribution is -1.90. The number of aliphatic hydroxyl groups is 1. The molecule has 0 bridgehead atoms. The summed E-state index contributed by atoms with van der Waals surface area (Å²) in [6.07, 6.45) is 3.60. The predicted molar refractivity (Wildman–Crippen MR) is 69.2 cm³/mol. The predicted octanol–water partition coefficient (Wildman–Crippen LogP) is 0.746. The van der Waals surface area contributed by atoms with E-state index in [1.54, 1.807) is 0 Å². The topological polar surface area (TPSA) is 165 Å². The van der Waals surface area contributed by atoms with Gasteiger partial charge in [-0.2, -0.15) is 0 Å². The van der Waals surface area contributed by atoms with Gasteiger partial charge in [0.25, 0.3) is 0 Å². The van der Waals surface area contributed by atoms with Gasteiger partial charge < -0.3 is 29.6 Å². The Labute approximate surface area is 112 Å². The Morgan fingerprint density at radius 1 is 0.895 bits per heavy atom. The van der Waals surface area contributed by atoms with Gasteiger partial charge in [0.2, 0.25) is 0 Å². The first-order valence-electron chi connectivity index (χ1n) is 5.57. The van der Waals surface area contributed by atoms with Crippen molar-refractivity contribution in [2.75, 3.05) is 13.2 Å². The summed E-state index contributed by atoms with van der Waals surface area (Å²) in [6.45, 7) is 4.45. The Bertz CT molecular complexity index is 249. The van der Waals surface area contributed by atoms with Gasteiger partial charge in [-0.25, -0.2) is 9.13 Å². The summed E-state index contributed by atoms with van der Waals surface area (Å²) in [5.74, 6) is 0. The zero-order chi connectivity index (χ0) is 15.9. The first-order valence-corrected chi connectivity index (χ1v) is 8.66. The molecule has 0 rings (SSSR count). The molecule has 0 amide bonds. The molecule has 6 N–H and O–H groups in total. The summed E-state index contributed by atoms with van der Waals surface area (Å²) >= 11 is 0. The lowest BCUT2D eigenvalue weighted by atomic mass is 10.4. The van der Waals surface area contributed by atoms with E-state index >= 15 is 0 Å². The average molecular weight is 326 g/mol. The van der Waals surface area contributed by atoms with Crippen molar-refractivity contribution in [3.63, 3.8) is 0 Å². The minimum Gasteiger partial charge on any atom is -0.396 e. The molecule has 19 heavy (non-hydrogen) atoms. The SMILES string of the molecule is CCCCO.CCCCOP(=O)(O)O.O=P(O)(O)O. The van der Waals surface area contributed by atoms with E-state index in [-0.39, 0.29) is 6.61 Å². The summed E-state index contributed by atoms with van der Waals surface area (Å²) in [4.78, 5) is 37.8. The smallest absolute Gasteiger partial charge is 0.396 e. The second kappa shape index (κ2) is 14.6. The molecule has 0 heterocycles. The Morgan fingerprint density at radius 2 is 1.26 bits per heavy atom. The number of aliphatic hydroxyl groups excluding tert-OH is 1. The minimum atomic E-state index is -4.64. The second-order valence-electron chi connectivity index (χ2n) is 3.27. The van der Waals surface area contributed by atoms with Gasteiger partial charge in [-0.05, 0) is 12.8 Å². The van der Waals surface area contributed by atoms with E-state index in [1.165, 1.54) is 0 Å². The van der Waals surface area contributed by atoms with Crippen molar-refractivity contribution >= 4 is 15.6 Å². The van der Waals surface area contributed by atoms with Crippen molar-refractivity contribution in [3.8, 4) is 0 Å². The van der Waals surface area contributed by atoms with Crippen LogP contribution in [0.4, 0.5) is 0 Å². The highest BCUT2D eigenvalue weighted by Gasteiger charge is 2.11. The zero-order valence-corrected chi connectivity index (χ0v) is 12.8. The van der Waals surface area contributed by atoms with E-state index in [0.717, 1.165) is 19.3 Å². The number of hydrogen-bond acceptors (Lipinski definition) is 4. The van der Waals surface area contributed by atoms with Crippen molar-refractivity contribution in [3.05, 3.63) is 0 Å². The number of hydrogen-bond donors (Lipinski definition) is 6. The van der Waals surface area contributed by atoms with Crippen LogP contribution in [0.15, 0.2) is 0 Å². The quantitative estimate of drug-likeness (QED) is 0.305. The standard InChI is InChI=1S/C4H11O4P.C4H10O.H3O4P/c1-2-3-4-8-9(5,6)7;1-2-3-4-5;1-5(2,3)4/h2-4H2,1H3,(H2,5,6,7);5H,2-4H2,1H3;(H3,1,2,3,4). The molecule has 0 aromatic rings. The molecule has 0 aromatic carbocycles. The van der Waals surface area contributed by atoms with Crippen LogP contribution in [0.2, 0.25) is 0 Å². The first-order chi connectivity index (χ1) is 8.47. The van der Waals surface area contributed by atoms with Gasteiger partial charge in [0.1, 0.15) is 0 Å². The van der Waals surface area contributed by atoms with Crippen LogP contribution >= 0.6 is 15.6 Å². The van der Waals surface area contributed by atoms with Crippen LogP contribution in [0.5, 0.6) is 0 Å². The number of unbranched alkanes of at least 4 members (excludes halogenated alkanes) is 2. The molecule has 0 aromatic heterocycles. The molecular formula is C8H24O9P2. The van der Waals surface area contributed by atoms with E-state index in [0.29, 0.717) is 13.0 Å². The molecule has 11 heteroatoms. The van der Waals surface area contributed by atoms with Crippen molar-refractivity contribution in [1.29, 1.82) is 0 Å². The molecule has 0 aliphatic heterocycles. The van der Waals surface area contributed by atoms with Crippen molar-refractivity contribution in [2.24, 2.45) is 0 Å².